The van der Waals surface area contributed by atoms with Gasteiger partial charge in [-0.3, -0.25) is 9.00 Å². The Kier molecular flexibility index (Phi) is 5.19. The minimum Gasteiger partial charge on any atom is -0.496 e. The van der Waals surface area contributed by atoms with E-state index >= 15 is 0 Å². The summed E-state index contributed by atoms with van der Waals surface area (Å²) >= 11 is 1.33. The molecule has 0 aliphatic rings. The molecule has 0 saturated carbocycles. The van der Waals surface area contributed by atoms with Gasteiger partial charge in [0.25, 0.3) is 5.91 Å². The maximum atomic E-state index is 12.2. The van der Waals surface area contributed by atoms with Crippen molar-refractivity contribution in [3.8, 4) is 5.75 Å². The zero-order valence-corrected chi connectivity index (χ0v) is 13.6. The van der Waals surface area contributed by atoms with Crippen LogP contribution in [0, 0.1) is 0 Å². The van der Waals surface area contributed by atoms with Crippen LogP contribution < -0.4 is 15.8 Å². The molecule has 5 nitrogen and oxygen atoms in total. The summed E-state index contributed by atoms with van der Waals surface area (Å²) in [6.07, 6.45) is 0. The maximum Gasteiger partial charge on any atom is 0.263 e. The van der Waals surface area contributed by atoms with E-state index in [1.807, 2.05) is 25.1 Å². The first kappa shape index (κ1) is 15.8. The highest BCUT2D eigenvalue weighted by molar-refractivity contribution is 7.84. The maximum absolute atomic E-state index is 12.2. The fourth-order valence-corrected chi connectivity index (χ4v) is 3.66. The lowest BCUT2D eigenvalue weighted by atomic mass is 10.2. The van der Waals surface area contributed by atoms with Gasteiger partial charge in [0.05, 0.1) is 18.2 Å². The first-order valence-corrected chi connectivity index (χ1v) is 8.87. The summed E-state index contributed by atoms with van der Waals surface area (Å²) in [6, 6.07) is 5.59. The normalized spacial score (nSPS) is 12.3. The minimum atomic E-state index is -0.888. The second-order valence-electron chi connectivity index (χ2n) is 4.37. The smallest absolute Gasteiger partial charge is 0.263 e. The number of rotatable bonds is 6. The van der Waals surface area contributed by atoms with Crippen molar-refractivity contribution in [1.29, 1.82) is 0 Å². The molecule has 1 amide bonds. The monoisotopic (exact) mass is 326 g/mol. The van der Waals surface area contributed by atoms with Crippen LogP contribution in [-0.2, 0) is 10.8 Å². The molecule has 0 aliphatic heterocycles. The predicted octanol–water partition coefficient (Wildman–Crippen LogP) is 1.99. The van der Waals surface area contributed by atoms with E-state index in [4.69, 9.17) is 10.5 Å². The van der Waals surface area contributed by atoms with Crippen molar-refractivity contribution < 1.29 is 13.7 Å². The SMILES string of the molecule is CCS(=O)CCNC(=O)c1sc2cccc(OC)c2c1N. The third kappa shape index (κ3) is 3.36. The topological polar surface area (TPSA) is 81.4 Å². The van der Waals surface area contributed by atoms with Crippen LogP contribution in [0.2, 0.25) is 0 Å². The number of ether oxygens (including phenoxy) is 1. The van der Waals surface area contributed by atoms with Gasteiger partial charge in [0.2, 0.25) is 0 Å². The number of hydrogen-bond donors (Lipinski definition) is 2. The molecule has 0 spiro atoms. The van der Waals surface area contributed by atoms with Gasteiger partial charge in [0, 0.05) is 33.5 Å². The fraction of sp³-hybridized carbons (Fsp3) is 0.357. The van der Waals surface area contributed by atoms with Crippen LogP contribution in [0.4, 0.5) is 5.69 Å². The van der Waals surface area contributed by atoms with Crippen molar-refractivity contribution in [2.45, 2.75) is 6.92 Å². The molecule has 0 saturated heterocycles. The molecule has 7 heteroatoms. The van der Waals surface area contributed by atoms with Crippen molar-refractivity contribution >= 4 is 43.8 Å². The van der Waals surface area contributed by atoms with Crippen molar-refractivity contribution in [2.75, 3.05) is 30.9 Å². The Morgan fingerprint density at radius 1 is 1.48 bits per heavy atom. The number of nitrogens with two attached hydrogens (primary N) is 1. The summed E-state index contributed by atoms with van der Waals surface area (Å²) in [6.45, 7) is 2.23. The molecular formula is C14H18N2O3S2. The molecule has 1 aromatic heterocycles. The van der Waals surface area contributed by atoms with Crippen molar-refractivity contribution in [3.05, 3.63) is 23.1 Å². The van der Waals surface area contributed by atoms with Gasteiger partial charge in [0.1, 0.15) is 10.6 Å². The van der Waals surface area contributed by atoms with Crippen LogP contribution >= 0.6 is 11.3 Å². The van der Waals surface area contributed by atoms with Crippen molar-refractivity contribution in [2.24, 2.45) is 0 Å². The van der Waals surface area contributed by atoms with Crippen molar-refractivity contribution in [1.82, 2.24) is 5.32 Å². The first-order valence-electron chi connectivity index (χ1n) is 6.56. The van der Waals surface area contributed by atoms with Gasteiger partial charge in [-0.15, -0.1) is 11.3 Å². The average Bonchev–Trinajstić information content (AvgIpc) is 2.84. The van der Waals surface area contributed by atoms with Crippen LogP contribution in [0.5, 0.6) is 5.75 Å². The van der Waals surface area contributed by atoms with E-state index in [2.05, 4.69) is 5.32 Å². The van der Waals surface area contributed by atoms with E-state index in [-0.39, 0.29) is 5.91 Å². The second kappa shape index (κ2) is 6.91. The Labute approximate surface area is 129 Å². The van der Waals surface area contributed by atoms with Crippen LogP contribution in [-0.4, -0.2) is 35.3 Å². The van der Waals surface area contributed by atoms with E-state index in [1.54, 1.807) is 7.11 Å². The molecule has 0 fully saturated rings. The first-order chi connectivity index (χ1) is 10.1. The van der Waals surface area contributed by atoms with Crippen LogP contribution in [0.3, 0.4) is 0 Å². The quantitative estimate of drug-likeness (QED) is 0.850. The number of fused-ring (bicyclic) bond motifs is 1. The molecule has 0 radical (unpaired) electrons. The number of hydrogen-bond acceptors (Lipinski definition) is 5. The summed E-state index contributed by atoms with van der Waals surface area (Å²) in [5, 5.41) is 3.53. The van der Waals surface area contributed by atoms with Crippen LogP contribution in [0.15, 0.2) is 18.2 Å². The number of benzene rings is 1. The summed E-state index contributed by atoms with van der Waals surface area (Å²) < 4.78 is 17.5. The third-order valence-electron chi connectivity index (χ3n) is 3.08. The molecule has 0 bridgehead atoms. The highest BCUT2D eigenvalue weighted by Crippen LogP contribution is 2.39. The Morgan fingerprint density at radius 3 is 2.90 bits per heavy atom. The Hall–Kier alpha value is -1.60. The molecule has 0 aliphatic carbocycles. The molecule has 21 heavy (non-hydrogen) atoms. The largest absolute Gasteiger partial charge is 0.496 e. The lowest BCUT2D eigenvalue weighted by Gasteiger charge is -2.04. The van der Waals surface area contributed by atoms with Gasteiger partial charge >= 0.3 is 0 Å². The van der Waals surface area contributed by atoms with Gasteiger partial charge in [0.15, 0.2) is 0 Å². The van der Waals surface area contributed by atoms with Gasteiger partial charge in [-0.05, 0) is 12.1 Å². The number of nitrogen functional groups attached to an aromatic ring is 1. The minimum absolute atomic E-state index is 0.233. The zero-order valence-electron chi connectivity index (χ0n) is 12.0. The standard InChI is InChI=1S/C14H18N2O3S2/c1-3-21(18)8-7-16-14(17)13-12(15)11-9(19-2)5-4-6-10(11)20-13/h4-6H,3,7-8,15H2,1-2H3,(H,16,17). The lowest BCUT2D eigenvalue weighted by Crippen LogP contribution is -2.27. The number of methoxy groups -OCH3 is 1. The van der Waals surface area contributed by atoms with E-state index in [9.17, 15) is 9.00 Å². The predicted molar refractivity (Wildman–Crippen MR) is 88.7 cm³/mol. The highest BCUT2D eigenvalue weighted by atomic mass is 32.2. The summed E-state index contributed by atoms with van der Waals surface area (Å²) in [5.74, 6) is 1.48. The molecule has 1 atom stereocenters. The Bertz CT molecular complexity index is 682. The molecule has 114 valence electrons. The third-order valence-corrected chi connectivity index (χ3v) is 5.55. The van der Waals surface area contributed by atoms with Crippen LogP contribution in [0.25, 0.3) is 10.1 Å². The molecule has 2 rings (SSSR count). The lowest BCUT2D eigenvalue weighted by molar-refractivity contribution is 0.0961. The number of carbonyl (C=O) groups excluding carboxylic acids is 1. The number of carbonyl (C=O) groups is 1. The summed E-state index contributed by atoms with van der Waals surface area (Å²) in [7, 11) is 0.688. The number of nitrogens with one attached hydrogen (secondary N) is 1. The Balaban J connectivity index is 2.20. The molecule has 3 N–H and O–H groups in total. The number of anilines is 1. The highest BCUT2D eigenvalue weighted by Gasteiger charge is 2.18. The molecule has 1 unspecified atom stereocenters. The van der Waals surface area contributed by atoms with E-state index in [1.165, 1.54) is 11.3 Å². The fourth-order valence-electron chi connectivity index (χ4n) is 1.98. The van der Waals surface area contributed by atoms with Gasteiger partial charge < -0.3 is 15.8 Å². The summed E-state index contributed by atoms with van der Waals surface area (Å²) in [4.78, 5) is 12.7. The Morgan fingerprint density at radius 2 is 2.24 bits per heavy atom. The average molecular weight is 326 g/mol. The van der Waals surface area contributed by atoms with E-state index < -0.39 is 10.8 Å². The molecule has 2 aromatic rings. The summed E-state index contributed by atoms with van der Waals surface area (Å²) in [5.41, 5.74) is 6.52. The molecule has 1 heterocycles. The van der Waals surface area contributed by atoms with E-state index in [0.717, 1.165) is 10.1 Å². The molecular weight excluding hydrogens is 308 g/mol. The van der Waals surface area contributed by atoms with Gasteiger partial charge in [-0.25, -0.2) is 0 Å². The van der Waals surface area contributed by atoms with Gasteiger partial charge in [-0.1, -0.05) is 13.0 Å². The zero-order chi connectivity index (χ0) is 15.4. The van der Waals surface area contributed by atoms with Crippen molar-refractivity contribution in [3.63, 3.8) is 0 Å². The molecule has 1 aromatic carbocycles. The second-order valence-corrected chi connectivity index (χ2v) is 7.28. The van der Waals surface area contributed by atoms with Gasteiger partial charge in [-0.2, -0.15) is 0 Å². The van der Waals surface area contributed by atoms with E-state index in [0.29, 0.717) is 34.4 Å². The van der Waals surface area contributed by atoms with Crippen LogP contribution in [0.1, 0.15) is 16.6 Å². The number of thiophene rings is 1. The number of amides is 1.